The van der Waals surface area contributed by atoms with Crippen LogP contribution in [0.4, 0.5) is 11.4 Å². The Morgan fingerprint density at radius 2 is 0.438 bits per heavy atom. The van der Waals surface area contributed by atoms with Gasteiger partial charge in [0.25, 0.3) is 0 Å². The summed E-state index contributed by atoms with van der Waals surface area (Å²) >= 11 is 16.0. The minimum Gasteiger partial charge on any atom is -0.297 e. The van der Waals surface area contributed by atoms with Gasteiger partial charge >= 0.3 is 0 Å². The van der Waals surface area contributed by atoms with E-state index in [9.17, 15) is 0 Å². The number of aryl methyl sites for hydroxylation is 2. The first-order valence-corrected chi connectivity index (χ1v) is 25.8. The number of nitrogens with zero attached hydrogens (tertiary/aromatic N) is 2. The molecule has 1 aliphatic heterocycles. The fourth-order valence-corrected chi connectivity index (χ4v) is 11.5. The second-order valence-corrected chi connectivity index (χ2v) is 19.7. The van der Waals surface area contributed by atoms with Crippen molar-refractivity contribution in [3.8, 4) is 0 Å². The number of hydrogen-bond donors (Lipinski definition) is 0. The normalized spacial score (nSPS) is 12.7. The smallest absolute Gasteiger partial charge is 0.220 e. The molecule has 10 aromatic rings. The molecule has 0 aliphatic carbocycles. The average molecular weight is 982 g/mol. The molecule has 2 nitrogen and oxygen atoms in total. The molecule has 10 aromatic carbocycles. The molecule has 0 atom stereocenters. The molecule has 2 radical (unpaired) electrons. The molecule has 0 N–H and O–H groups in total. The molecular weight excluding hydrogens is 928 g/mol. The average Bonchev–Trinajstić information content (AvgIpc) is 3.72. The Kier molecular flexibility index (Phi) is 13.9. The molecule has 0 saturated heterocycles. The van der Waals surface area contributed by atoms with Crippen LogP contribution >= 0.6 is 23.2 Å². The highest BCUT2D eigenvalue weighted by atomic mass is 35.5. The summed E-state index contributed by atoms with van der Waals surface area (Å²) in [4.78, 5) is 4.11. The van der Waals surface area contributed by atoms with E-state index >= 15 is 0 Å². The van der Waals surface area contributed by atoms with E-state index in [0.29, 0.717) is 10.3 Å². The van der Waals surface area contributed by atoms with Crippen molar-refractivity contribution < 1.29 is 0 Å². The highest BCUT2D eigenvalue weighted by Gasteiger charge is 2.41. The van der Waals surface area contributed by atoms with E-state index in [-0.39, 0.29) is 23.7 Å². The van der Waals surface area contributed by atoms with E-state index in [1.807, 2.05) is 0 Å². The van der Waals surface area contributed by atoms with E-state index in [4.69, 9.17) is 23.2 Å². The van der Waals surface area contributed by atoms with Crippen molar-refractivity contribution in [3.05, 3.63) is 362 Å². The van der Waals surface area contributed by atoms with E-state index in [1.54, 1.807) is 0 Å². The van der Waals surface area contributed by atoms with E-state index in [1.165, 1.54) is 0 Å². The molecule has 0 fully saturated rings. The van der Waals surface area contributed by atoms with E-state index in [2.05, 4.69) is 297 Å². The van der Waals surface area contributed by atoms with Crippen LogP contribution in [0.2, 0.25) is 0 Å². The quantitative estimate of drug-likeness (QED) is 0.0791. The van der Waals surface area contributed by atoms with Crippen LogP contribution in [-0.4, -0.2) is 0 Å². The summed E-state index contributed by atoms with van der Waals surface area (Å²) in [6, 6.07) is 95.8. The lowest BCUT2D eigenvalue weighted by atomic mass is 9.77. The highest BCUT2D eigenvalue weighted by Crippen LogP contribution is 2.54. The Hall–Kier alpha value is -7.88. The number of benzene rings is 10. The lowest BCUT2D eigenvalue weighted by Crippen LogP contribution is -2.27. The number of anilines is 2. The summed E-state index contributed by atoms with van der Waals surface area (Å²) in [6.45, 7) is 8.39. The summed E-state index contributed by atoms with van der Waals surface area (Å²) in [5.74, 6) is -0.745. The van der Waals surface area contributed by atoms with Crippen LogP contribution in [0.1, 0.15) is 102 Å². The third kappa shape index (κ3) is 9.65. The second kappa shape index (κ2) is 21.5. The molecule has 0 aromatic heterocycles. The van der Waals surface area contributed by atoms with Gasteiger partial charge in [0.1, 0.15) is 10.3 Å². The van der Waals surface area contributed by atoms with E-state index in [0.717, 1.165) is 89.3 Å². The zero-order chi connectivity index (χ0) is 49.7. The Bertz CT molecular complexity index is 2860. The van der Waals surface area contributed by atoms with Crippen molar-refractivity contribution in [3.63, 3.8) is 0 Å². The van der Waals surface area contributed by atoms with Gasteiger partial charge in [0, 0.05) is 23.7 Å². The summed E-state index contributed by atoms with van der Waals surface area (Å²) in [7, 11) is 0. The largest absolute Gasteiger partial charge is 0.297 e. The summed E-state index contributed by atoms with van der Waals surface area (Å²) in [5, 5.41) is 0.717. The molecule has 0 unspecified atom stereocenters. The minimum absolute atomic E-state index is 0.186. The fourth-order valence-electron chi connectivity index (χ4n) is 11.1. The summed E-state index contributed by atoms with van der Waals surface area (Å²) < 4.78 is 0. The van der Waals surface area contributed by atoms with Gasteiger partial charge in [-0.05, 0) is 80.6 Å². The highest BCUT2D eigenvalue weighted by molar-refractivity contribution is 6.42. The first kappa shape index (κ1) is 47.4. The molecule has 73 heavy (non-hydrogen) atoms. The Labute approximate surface area is 441 Å². The van der Waals surface area contributed by atoms with Crippen molar-refractivity contribution in [2.75, 3.05) is 9.80 Å². The molecule has 0 amide bonds. The first-order valence-electron chi connectivity index (χ1n) is 25.0. The minimum atomic E-state index is -0.186. The van der Waals surface area contributed by atoms with Gasteiger partial charge in [0.05, 0.1) is 11.4 Å². The van der Waals surface area contributed by atoms with Crippen LogP contribution in [0.15, 0.2) is 277 Å². The van der Waals surface area contributed by atoms with Gasteiger partial charge in [-0.15, -0.1) is 0 Å². The van der Waals surface area contributed by atoms with Crippen LogP contribution in [0, 0.1) is 20.5 Å². The predicted molar refractivity (Wildman–Crippen MR) is 305 cm³/mol. The van der Waals surface area contributed by atoms with Gasteiger partial charge in [-0.1, -0.05) is 301 Å². The third-order valence-electron chi connectivity index (χ3n) is 14.1. The Balaban J connectivity index is 1.21. The van der Waals surface area contributed by atoms with Gasteiger partial charge in [-0.3, -0.25) is 9.80 Å². The lowest BCUT2D eigenvalue weighted by Gasteiger charge is -2.34. The Morgan fingerprint density at radius 1 is 0.274 bits per heavy atom. The van der Waals surface area contributed by atoms with Crippen LogP contribution in [0.3, 0.4) is 0 Å². The van der Waals surface area contributed by atoms with E-state index < -0.39 is 0 Å². The standard InChI is InChI=1S/C69H54Cl2N2/c1-48-43-58(62(50-27-11-3-12-28-50)51-29-13-4-14-30-51)66(59(44-48)63(52-31-15-5-16-32-52)53-33-17-6-18-34-53)72-47-73(69(71)68(72)70)67-60(64(54-35-19-7-20-36-54)55-37-21-8-22-38-55)45-49(2)46-61(67)65(56-39-23-9-24-40-56)57-41-25-10-26-42-57/h3-46,62-65H,1-2H3. The molecule has 11 rings (SSSR count). The van der Waals surface area contributed by atoms with Gasteiger partial charge in [-0.2, -0.15) is 0 Å². The topological polar surface area (TPSA) is 6.48 Å². The third-order valence-corrected chi connectivity index (χ3v) is 14.9. The van der Waals surface area contributed by atoms with Gasteiger partial charge < -0.3 is 0 Å². The van der Waals surface area contributed by atoms with Crippen molar-refractivity contribution in [1.82, 2.24) is 0 Å². The van der Waals surface area contributed by atoms with Crippen molar-refractivity contribution in [1.29, 1.82) is 0 Å². The maximum atomic E-state index is 8.02. The molecular formula is C69H54Cl2N2. The van der Waals surface area contributed by atoms with Crippen LogP contribution in [-0.2, 0) is 0 Å². The molecule has 0 spiro atoms. The molecule has 0 saturated carbocycles. The number of hydrogen-bond acceptors (Lipinski definition) is 2. The molecule has 0 bridgehead atoms. The maximum Gasteiger partial charge on any atom is 0.220 e. The monoisotopic (exact) mass is 980 g/mol. The predicted octanol–water partition coefficient (Wildman–Crippen LogP) is 18.0. The second-order valence-electron chi connectivity index (χ2n) is 19.0. The Morgan fingerprint density at radius 3 is 0.603 bits per heavy atom. The van der Waals surface area contributed by atoms with Gasteiger partial charge in [0.2, 0.25) is 6.67 Å². The van der Waals surface area contributed by atoms with Crippen molar-refractivity contribution >= 4 is 34.6 Å². The zero-order valence-corrected chi connectivity index (χ0v) is 42.4. The van der Waals surface area contributed by atoms with Gasteiger partial charge in [0.15, 0.2) is 0 Å². The number of rotatable bonds is 14. The van der Waals surface area contributed by atoms with Crippen molar-refractivity contribution in [2.45, 2.75) is 37.5 Å². The summed E-state index contributed by atoms with van der Waals surface area (Å²) in [6.07, 6.45) is 0. The number of halogens is 2. The molecule has 4 heteroatoms. The molecule has 1 aliphatic rings. The van der Waals surface area contributed by atoms with Crippen molar-refractivity contribution in [2.24, 2.45) is 0 Å². The molecule has 354 valence electrons. The first-order chi connectivity index (χ1) is 35.9. The molecule has 1 heterocycles. The lowest BCUT2D eigenvalue weighted by molar-refractivity contribution is 0.903. The van der Waals surface area contributed by atoms with Crippen LogP contribution in [0.5, 0.6) is 0 Å². The van der Waals surface area contributed by atoms with Crippen LogP contribution in [0.25, 0.3) is 0 Å². The van der Waals surface area contributed by atoms with Crippen LogP contribution < -0.4 is 9.80 Å². The van der Waals surface area contributed by atoms with Gasteiger partial charge in [-0.25, -0.2) is 0 Å². The SMILES string of the molecule is Cc1cc(C(c2ccccc2)c2ccccc2)c(N2[C]N(c3c(C(c4ccccc4)c4ccccc4)cc(C)cc3C(c3ccccc3)c3ccccc3)C(Cl)=C2Cl)c(C(c2ccccc2)c2ccccc2)c1. The fraction of sp³-hybridized carbons (Fsp3) is 0.0870. The summed E-state index contributed by atoms with van der Waals surface area (Å²) in [5.41, 5.74) is 17.8. The maximum absolute atomic E-state index is 8.02. The zero-order valence-electron chi connectivity index (χ0n) is 40.9.